The average Bonchev–Trinajstić information content (AvgIpc) is 3.11. The summed E-state index contributed by atoms with van der Waals surface area (Å²) >= 11 is 0. The molecule has 4 nitrogen and oxygen atoms in total. The van der Waals surface area contributed by atoms with E-state index in [1.54, 1.807) is 0 Å². The number of nitrogens with two attached hydrogens (primary N) is 1. The van der Waals surface area contributed by atoms with E-state index in [1.807, 2.05) is 13.8 Å². The summed E-state index contributed by atoms with van der Waals surface area (Å²) in [6, 6.07) is 6.71. The SMILES string of the molecule is Cc1ccc(CN=C(N)NC2CC2)c(OC(C)C)c1. The lowest BCUT2D eigenvalue weighted by Crippen LogP contribution is -2.33. The molecule has 3 N–H and O–H groups in total. The summed E-state index contributed by atoms with van der Waals surface area (Å²) in [6.45, 7) is 6.66. The maximum absolute atomic E-state index is 5.84. The fourth-order valence-electron chi connectivity index (χ4n) is 1.81. The summed E-state index contributed by atoms with van der Waals surface area (Å²) in [5, 5.41) is 3.18. The molecular weight excluding hydrogens is 238 g/mol. The van der Waals surface area contributed by atoms with Gasteiger partial charge in [0, 0.05) is 11.6 Å². The molecule has 4 heteroatoms. The van der Waals surface area contributed by atoms with Gasteiger partial charge in [0.25, 0.3) is 0 Å². The van der Waals surface area contributed by atoms with Gasteiger partial charge in [-0.1, -0.05) is 12.1 Å². The van der Waals surface area contributed by atoms with E-state index in [4.69, 9.17) is 10.5 Å². The van der Waals surface area contributed by atoms with Crippen molar-refractivity contribution in [3.63, 3.8) is 0 Å². The first-order valence-electron chi connectivity index (χ1n) is 6.87. The predicted molar refractivity (Wildman–Crippen MR) is 78.4 cm³/mol. The van der Waals surface area contributed by atoms with Gasteiger partial charge in [0.15, 0.2) is 5.96 Å². The summed E-state index contributed by atoms with van der Waals surface area (Å²) in [5.41, 5.74) is 8.10. The first kappa shape index (κ1) is 13.7. The molecule has 0 atom stereocenters. The second kappa shape index (κ2) is 5.95. The number of aliphatic imine (C=N–C) groups is 1. The van der Waals surface area contributed by atoms with Crippen molar-refractivity contribution in [1.82, 2.24) is 5.32 Å². The summed E-state index contributed by atoms with van der Waals surface area (Å²) in [7, 11) is 0. The fraction of sp³-hybridized carbons (Fsp3) is 0.533. The number of nitrogens with one attached hydrogen (secondary N) is 1. The van der Waals surface area contributed by atoms with Gasteiger partial charge >= 0.3 is 0 Å². The average molecular weight is 261 g/mol. The highest BCUT2D eigenvalue weighted by atomic mass is 16.5. The first-order chi connectivity index (χ1) is 9.04. The smallest absolute Gasteiger partial charge is 0.189 e. The fourth-order valence-corrected chi connectivity index (χ4v) is 1.81. The number of hydrogen-bond donors (Lipinski definition) is 2. The molecule has 0 radical (unpaired) electrons. The normalized spacial score (nSPS) is 15.7. The Hall–Kier alpha value is -1.71. The molecule has 104 valence electrons. The van der Waals surface area contributed by atoms with Gasteiger partial charge in [-0.2, -0.15) is 0 Å². The molecule has 1 fully saturated rings. The molecule has 0 heterocycles. The van der Waals surface area contributed by atoms with E-state index >= 15 is 0 Å². The Bertz CT molecular complexity index is 464. The summed E-state index contributed by atoms with van der Waals surface area (Å²) in [4.78, 5) is 4.38. The van der Waals surface area contributed by atoms with Gasteiger partial charge in [-0.15, -0.1) is 0 Å². The monoisotopic (exact) mass is 261 g/mol. The van der Waals surface area contributed by atoms with Crippen LogP contribution in [0.25, 0.3) is 0 Å². The topological polar surface area (TPSA) is 59.6 Å². The highest BCUT2D eigenvalue weighted by Crippen LogP contribution is 2.22. The largest absolute Gasteiger partial charge is 0.491 e. The number of hydrogen-bond acceptors (Lipinski definition) is 2. The molecule has 2 rings (SSSR count). The Balaban J connectivity index is 2.05. The number of nitrogens with zero attached hydrogens (tertiary/aromatic N) is 1. The van der Waals surface area contributed by atoms with Crippen molar-refractivity contribution in [2.75, 3.05) is 0 Å². The molecule has 0 bridgehead atoms. The third-order valence-electron chi connectivity index (χ3n) is 2.93. The Kier molecular flexibility index (Phi) is 4.30. The van der Waals surface area contributed by atoms with Crippen LogP contribution in [0.5, 0.6) is 5.75 Å². The lowest BCUT2D eigenvalue weighted by Gasteiger charge is -2.14. The van der Waals surface area contributed by atoms with E-state index in [0.717, 1.165) is 11.3 Å². The number of guanidine groups is 1. The van der Waals surface area contributed by atoms with Gasteiger partial charge in [-0.3, -0.25) is 0 Å². The van der Waals surface area contributed by atoms with E-state index < -0.39 is 0 Å². The van der Waals surface area contributed by atoms with Crippen LogP contribution < -0.4 is 15.8 Å². The number of aryl methyl sites for hydroxylation is 1. The van der Waals surface area contributed by atoms with Crippen LogP contribution in [0.1, 0.15) is 37.8 Å². The van der Waals surface area contributed by atoms with Gasteiger partial charge in [0.2, 0.25) is 0 Å². The summed E-state index contributed by atoms with van der Waals surface area (Å²) in [5.74, 6) is 1.43. The number of benzene rings is 1. The van der Waals surface area contributed by atoms with Gasteiger partial charge in [0.1, 0.15) is 5.75 Å². The van der Waals surface area contributed by atoms with Gasteiger partial charge in [-0.25, -0.2) is 4.99 Å². The minimum atomic E-state index is 0.159. The van der Waals surface area contributed by atoms with E-state index in [0.29, 0.717) is 18.5 Å². The second-order valence-electron chi connectivity index (χ2n) is 5.40. The Morgan fingerprint density at radius 1 is 1.47 bits per heavy atom. The second-order valence-corrected chi connectivity index (χ2v) is 5.40. The molecule has 1 aliphatic rings. The molecule has 19 heavy (non-hydrogen) atoms. The summed E-state index contributed by atoms with van der Waals surface area (Å²) in [6.07, 6.45) is 2.55. The zero-order valence-electron chi connectivity index (χ0n) is 11.9. The lowest BCUT2D eigenvalue weighted by atomic mass is 10.1. The van der Waals surface area contributed by atoms with Crippen molar-refractivity contribution in [1.29, 1.82) is 0 Å². The third kappa shape index (κ3) is 4.47. The van der Waals surface area contributed by atoms with Crippen molar-refractivity contribution in [3.8, 4) is 5.75 Å². The molecule has 0 unspecified atom stereocenters. The minimum Gasteiger partial charge on any atom is -0.491 e. The van der Waals surface area contributed by atoms with Gasteiger partial charge < -0.3 is 15.8 Å². The molecule has 0 aliphatic heterocycles. The van der Waals surface area contributed by atoms with Crippen LogP contribution >= 0.6 is 0 Å². The van der Waals surface area contributed by atoms with E-state index in [2.05, 4.69) is 35.4 Å². The van der Waals surface area contributed by atoms with Crippen molar-refractivity contribution < 1.29 is 4.74 Å². The third-order valence-corrected chi connectivity index (χ3v) is 2.93. The molecule has 1 saturated carbocycles. The molecule has 0 amide bonds. The molecular formula is C15H23N3O. The van der Waals surface area contributed by atoms with Crippen molar-refractivity contribution in [3.05, 3.63) is 29.3 Å². The van der Waals surface area contributed by atoms with Gasteiger partial charge in [-0.05, 0) is 45.2 Å². The standard InChI is InChI=1S/C15H23N3O/c1-10(2)19-14-8-11(3)4-5-12(14)9-17-15(16)18-13-6-7-13/h4-5,8,10,13H,6-7,9H2,1-3H3,(H3,16,17,18). The van der Waals surface area contributed by atoms with E-state index in [1.165, 1.54) is 18.4 Å². The predicted octanol–water partition coefficient (Wildman–Crippen LogP) is 2.35. The molecule has 1 aromatic rings. The Morgan fingerprint density at radius 2 is 2.21 bits per heavy atom. The maximum atomic E-state index is 5.84. The van der Waals surface area contributed by atoms with Crippen LogP contribution in [-0.4, -0.2) is 18.1 Å². The minimum absolute atomic E-state index is 0.159. The van der Waals surface area contributed by atoms with Crippen molar-refractivity contribution in [2.45, 2.75) is 52.3 Å². The lowest BCUT2D eigenvalue weighted by molar-refractivity contribution is 0.240. The zero-order chi connectivity index (χ0) is 13.8. The Labute approximate surface area is 115 Å². The maximum Gasteiger partial charge on any atom is 0.189 e. The molecule has 1 aliphatic carbocycles. The van der Waals surface area contributed by atoms with Crippen LogP contribution in [0.4, 0.5) is 0 Å². The zero-order valence-corrected chi connectivity index (χ0v) is 11.9. The van der Waals surface area contributed by atoms with E-state index in [9.17, 15) is 0 Å². The van der Waals surface area contributed by atoms with Crippen LogP contribution in [-0.2, 0) is 6.54 Å². The molecule has 1 aromatic carbocycles. The number of ether oxygens (including phenoxy) is 1. The molecule has 0 spiro atoms. The quantitative estimate of drug-likeness (QED) is 0.632. The first-order valence-corrected chi connectivity index (χ1v) is 6.87. The van der Waals surface area contributed by atoms with Crippen LogP contribution in [0.3, 0.4) is 0 Å². The highest BCUT2D eigenvalue weighted by molar-refractivity contribution is 5.78. The highest BCUT2D eigenvalue weighted by Gasteiger charge is 2.21. The van der Waals surface area contributed by atoms with E-state index in [-0.39, 0.29) is 6.10 Å². The van der Waals surface area contributed by atoms with Gasteiger partial charge in [0.05, 0.1) is 12.6 Å². The van der Waals surface area contributed by atoms with Crippen molar-refractivity contribution in [2.24, 2.45) is 10.7 Å². The van der Waals surface area contributed by atoms with Crippen LogP contribution in [0.15, 0.2) is 23.2 Å². The van der Waals surface area contributed by atoms with Crippen LogP contribution in [0, 0.1) is 6.92 Å². The molecule has 0 saturated heterocycles. The van der Waals surface area contributed by atoms with Crippen molar-refractivity contribution >= 4 is 5.96 Å². The Morgan fingerprint density at radius 3 is 2.84 bits per heavy atom. The van der Waals surface area contributed by atoms with Crippen LogP contribution in [0.2, 0.25) is 0 Å². The summed E-state index contributed by atoms with van der Waals surface area (Å²) < 4.78 is 5.82. The molecule has 0 aromatic heterocycles. The number of rotatable bonds is 5.